The Labute approximate surface area is 211 Å². The number of carbonyl (C=O) groups is 1. The average Bonchev–Trinajstić information content (AvgIpc) is 3.31. The van der Waals surface area contributed by atoms with Gasteiger partial charge in [0.15, 0.2) is 0 Å². The maximum absolute atomic E-state index is 12.7. The van der Waals surface area contributed by atoms with Crippen LogP contribution in [-0.2, 0) is 9.53 Å². The summed E-state index contributed by atoms with van der Waals surface area (Å²) in [5.41, 5.74) is 4.59. The van der Waals surface area contributed by atoms with Gasteiger partial charge in [0.05, 0.1) is 26.1 Å². The second-order valence-electron chi connectivity index (χ2n) is 9.06. The van der Waals surface area contributed by atoms with Crippen LogP contribution in [0.1, 0.15) is 19.4 Å². The summed E-state index contributed by atoms with van der Waals surface area (Å²) in [5.74, 6) is 0.601. The highest BCUT2D eigenvalue weighted by atomic mass is 16.5. The lowest BCUT2D eigenvalue weighted by Crippen LogP contribution is -2.41. The summed E-state index contributed by atoms with van der Waals surface area (Å²) in [6.07, 6.45) is 3.45. The number of fused-ring (bicyclic) bond motifs is 2. The van der Waals surface area contributed by atoms with E-state index >= 15 is 0 Å². The number of allylic oxidation sites excluding steroid dienone is 1. The molecule has 0 unspecified atom stereocenters. The first-order valence-corrected chi connectivity index (χ1v) is 12.6. The van der Waals surface area contributed by atoms with Gasteiger partial charge in [-0.1, -0.05) is 36.4 Å². The first-order chi connectivity index (χ1) is 17.6. The van der Waals surface area contributed by atoms with Crippen molar-refractivity contribution < 1.29 is 18.7 Å². The number of ether oxygens (including phenoxy) is 2. The Balaban J connectivity index is 1.41. The number of furan rings is 1. The largest absolute Gasteiger partial charge is 0.493 e. The average molecular weight is 485 g/mol. The molecule has 6 heteroatoms. The van der Waals surface area contributed by atoms with E-state index in [9.17, 15) is 4.79 Å². The summed E-state index contributed by atoms with van der Waals surface area (Å²) in [4.78, 5) is 15.0. The van der Waals surface area contributed by atoms with Gasteiger partial charge in [-0.05, 0) is 47.9 Å². The number of nitrogens with one attached hydrogen (secondary N) is 1. The number of amides is 1. The summed E-state index contributed by atoms with van der Waals surface area (Å²) in [7, 11) is 0. The molecule has 0 atom stereocenters. The zero-order valence-electron chi connectivity index (χ0n) is 20.9. The highest BCUT2D eigenvalue weighted by Gasteiger charge is 2.16. The molecular formula is C30H32N2O4. The molecule has 5 rings (SSSR count). The maximum Gasteiger partial charge on any atom is 0.244 e. The SMILES string of the molecule is CCOc1cc2occ(-c3ccc4ccccc4c3)c2cc1/C(C)=C/C(=O)NCCN1CCOCC1. The van der Waals surface area contributed by atoms with E-state index in [1.807, 2.05) is 32.0 Å². The van der Waals surface area contributed by atoms with Crippen molar-refractivity contribution in [2.75, 3.05) is 46.0 Å². The van der Waals surface area contributed by atoms with Crippen molar-refractivity contribution in [1.29, 1.82) is 0 Å². The minimum Gasteiger partial charge on any atom is -0.493 e. The van der Waals surface area contributed by atoms with Crippen molar-refractivity contribution in [3.63, 3.8) is 0 Å². The molecule has 186 valence electrons. The minimum atomic E-state index is -0.106. The number of benzene rings is 3. The molecule has 1 aliphatic rings. The van der Waals surface area contributed by atoms with Crippen LogP contribution < -0.4 is 10.1 Å². The normalized spacial score (nSPS) is 14.9. The van der Waals surface area contributed by atoms with Gasteiger partial charge < -0.3 is 19.2 Å². The van der Waals surface area contributed by atoms with Crippen LogP contribution in [0.5, 0.6) is 5.75 Å². The number of hydrogen-bond donors (Lipinski definition) is 1. The van der Waals surface area contributed by atoms with E-state index in [-0.39, 0.29) is 5.91 Å². The van der Waals surface area contributed by atoms with Crippen molar-refractivity contribution in [2.24, 2.45) is 0 Å². The van der Waals surface area contributed by atoms with Gasteiger partial charge in [-0.2, -0.15) is 0 Å². The Morgan fingerprint density at radius 3 is 2.69 bits per heavy atom. The molecule has 6 nitrogen and oxygen atoms in total. The van der Waals surface area contributed by atoms with Gasteiger partial charge in [-0.25, -0.2) is 0 Å². The summed E-state index contributed by atoms with van der Waals surface area (Å²) in [5, 5.41) is 6.38. The molecule has 0 aliphatic carbocycles. The topological polar surface area (TPSA) is 63.9 Å². The molecule has 2 heterocycles. The fourth-order valence-electron chi connectivity index (χ4n) is 4.71. The molecule has 0 radical (unpaired) electrons. The number of morpholine rings is 1. The Bertz CT molecular complexity index is 1400. The van der Waals surface area contributed by atoms with Gasteiger partial charge in [0.1, 0.15) is 11.3 Å². The minimum absolute atomic E-state index is 0.106. The standard InChI is InChI=1S/C30H32N2O4/c1-3-35-28-19-29-26(27(20-36-29)24-9-8-22-6-4-5-7-23(22)17-24)18-25(28)21(2)16-30(33)31-10-11-32-12-14-34-15-13-32/h4-9,16-20H,3,10-15H2,1-2H3,(H,31,33)/b21-16+. The highest BCUT2D eigenvalue weighted by Crippen LogP contribution is 2.38. The van der Waals surface area contributed by atoms with Crippen molar-refractivity contribution >= 4 is 33.2 Å². The van der Waals surface area contributed by atoms with Crippen LogP contribution in [-0.4, -0.2) is 56.8 Å². The molecule has 0 bridgehead atoms. The molecular weight excluding hydrogens is 452 g/mol. The Kier molecular flexibility index (Phi) is 7.35. The molecule has 1 aliphatic heterocycles. The van der Waals surface area contributed by atoms with Crippen molar-refractivity contribution in [2.45, 2.75) is 13.8 Å². The molecule has 3 aromatic carbocycles. The van der Waals surface area contributed by atoms with Crippen LogP contribution in [0, 0.1) is 0 Å². The molecule has 1 saturated heterocycles. The van der Waals surface area contributed by atoms with Crippen LogP contribution in [0.25, 0.3) is 38.4 Å². The molecule has 1 N–H and O–H groups in total. The lowest BCUT2D eigenvalue weighted by atomic mass is 9.97. The molecule has 1 fully saturated rings. The smallest absolute Gasteiger partial charge is 0.244 e. The monoisotopic (exact) mass is 484 g/mol. The molecule has 1 aromatic heterocycles. The van der Waals surface area contributed by atoms with Crippen molar-refractivity contribution in [1.82, 2.24) is 10.2 Å². The number of hydrogen-bond acceptors (Lipinski definition) is 5. The summed E-state index contributed by atoms with van der Waals surface area (Å²) >= 11 is 0. The second kappa shape index (κ2) is 11.0. The van der Waals surface area contributed by atoms with Crippen LogP contribution in [0.15, 0.2) is 71.4 Å². The molecule has 4 aromatic rings. The predicted molar refractivity (Wildman–Crippen MR) is 144 cm³/mol. The number of carbonyl (C=O) groups excluding carboxylic acids is 1. The Morgan fingerprint density at radius 1 is 1.08 bits per heavy atom. The van der Waals surface area contributed by atoms with E-state index in [2.05, 4.69) is 46.6 Å². The molecule has 36 heavy (non-hydrogen) atoms. The quantitative estimate of drug-likeness (QED) is 0.335. The van der Waals surface area contributed by atoms with Crippen LogP contribution in [0.2, 0.25) is 0 Å². The predicted octanol–water partition coefficient (Wildman–Crippen LogP) is 5.50. The van der Waals surface area contributed by atoms with Gasteiger partial charge in [0.25, 0.3) is 0 Å². The van der Waals surface area contributed by atoms with Gasteiger partial charge >= 0.3 is 0 Å². The van der Waals surface area contributed by atoms with E-state index in [0.29, 0.717) is 18.9 Å². The van der Waals surface area contributed by atoms with Gasteiger partial charge in [0, 0.05) is 54.8 Å². The summed E-state index contributed by atoms with van der Waals surface area (Å²) in [6.45, 7) is 9.18. The fraction of sp³-hybridized carbons (Fsp3) is 0.300. The third-order valence-corrected chi connectivity index (χ3v) is 6.64. The highest BCUT2D eigenvalue weighted by molar-refractivity contribution is 6.01. The lowest BCUT2D eigenvalue weighted by Gasteiger charge is -2.26. The zero-order valence-corrected chi connectivity index (χ0v) is 20.9. The first kappa shape index (κ1) is 24.1. The molecule has 0 spiro atoms. The van der Waals surface area contributed by atoms with Crippen LogP contribution in [0.3, 0.4) is 0 Å². The van der Waals surface area contributed by atoms with E-state index in [1.165, 1.54) is 10.8 Å². The van der Waals surface area contributed by atoms with E-state index < -0.39 is 0 Å². The van der Waals surface area contributed by atoms with Crippen LogP contribution in [0.4, 0.5) is 0 Å². The fourth-order valence-corrected chi connectivity index (χ4v) is 4.71. The number of nitrogens with zero attached hydrogens (tertiary/aromatic N) is 1. The molecule has 0 saturated carbocycles. The zero-order chi connectivity index (χ0) is 24.9. The van der Waals surface area contributed by atoms with Crippen molar-refractivity contribution in [3.8, 4) is 16.9 Å². The Morgan fingerprint density at radius 2 is 1.89 bits per heavy atom. The maximum atomic E-state index is 12.7. The van der Waals surface area contributed by atoms with E-state index in [4.69, 9.17) is 13.9 Å². The second-order valence-corrected chi connectivity index (χ2v) is 9.06. The summed E-state index contributed by atoms with van der Waals surface area (Å²) in [6, 6.07) is 18.7. The van der Waals surface area contributed by atoms with Gasteiger partial charge in [-0.3, -0.25) is 9.69 Å². The third kappa shape index (κ3) is 5.30. The molecule has 1 amide bonds. The van der Waals surface area contributed by atoms with Crippen molar-refractivity contribution in [3.05, 3.63) is 72.5 Å². The lowest BCUT2D eigenvalue weighted by molar-refractivity contribution is -0.116. The van der Waals surface area contributed by atoms with Gasteiger partial charge in [-0.15, -0.1) is 0 Å². The number of rotatable bonds is 8. The van der Waals surface area contributed by atoms with E-state index in [0.717, 1.165) is 66.1 Å². The van der Waals surface area contributed by atoms with Gasteiger partial charge in [0.2, 0.25) is 5.91 Å². The summed E-state index contributed by atoms with van der Waals surface area (Å²) < 4.78 is 17.2. The first-order valence-electron chi connectivity index (χ1n) is 12.6. The third-order valence-electron chi connectivity index (χ3n) is 6.64. The van der Waals surface area contributed by atoms with Crippen LogP contribution >= 0.6 is 0 Å². The Hall–Kier alpha value is -3.61. The van der Waals surface area contributed by atoms with E-state index in [1.54, 1.807) is 12.3 Å².